The highest BCUT2D eigenvalue weighted by Crippen LogP contribution is 2.40. The molecule has 1 N–H and O–H groups in total. The van der Waals surface area contributed by atoms with Crippen molar-refractivity contribution < 1.29 is 0 Å². The van der Waals surface area contributed by atoms with Crippen molar-refractivity contribution in [1.29, 1.82) is 0 Å². The van der Waals surface area contributed by atoms with Crippen LogP contribution in [-0.2, 0) is 6.42 Å². The molecule has 0 saturated carbocycles. The van der Waals surface area contributed by atoms with E-state index in [0.29, 0.717) is 12.1 Å². The Morgan fingerprint density at radius 1 is 1.44 bits per heavy atom. The van der Waals surface area contributed by atoms with Gasteiger partial charge in [-0.25, -0.2) is 0 Å². The van der Waals surface area contributed by atoms with Crippen LogP contribution in [0.15, 0.2) is 30.6 Å². The van der Waals surface area contributed by atoms with E-state index in [1.165, 1.54) is 22.4 Å². The minimum absolute atomic E-state index is 0.336. The summed E-state index contributed by atoms with van der Waals surface area (Å²) in [6.45, 7) is 2.20. The number of rotatable bonds is 3. The maximum Gasteiger partial charge on any atom is 0.0934 e. The second kappa shape index (κ2) is 5.00. The number of aryl methyl sites for hydroxylation is 1. The predicted molar refractivity (Wildman–Crippen MR) is 76.2 cm³/mol. The monoisotopic (exact) mass is 278 g/mol. The lowest BCUT2D eigenvalue weighted by Crippen LogP contribution is -2.22. The first-order valence-corrected chi connectivity index (χ1v) is 7.37. The molecule has 0 radical (unpaired) electrons. The van der Waals surface area contributed by atoms with Crippen LogP contribution in [0.3, 0.4) is 0 Å². The molecule has 18 heavy (non-hydrogen) atoms. The second-order valence-corrected chi connectivity index (χ2v) is 6.46. The summed E-state index contributed by atoms with van der Waals surface area (Å²) in [6, 6.07) is 7.02. The smallest absolute Gasteiger partial charge is 0.0934 e. The molecule has 2 heterocycles. The molecule has 1 aliphatic rings. The number of nitrogens with one attached hydrogen (secondary N) is 1. The minimum Gasteiger partial charge on any atom is -0.303 e. The summed E-state index contributed by atoms with van der Waals surface area (Å²) < 4.78 is 0.906. The third kappa shape index (κ3) is 2.30. The van der Waals surface area contributed by atoms with Gasteiger partial charge in [-0.15, -0.1) is 11.3 Å². The first kappa shape index (κ1) is 12.2. The van der Waals surface area contributed by atoms with E-state index in [1.807, 2.05) is 12.4 Å². The van der Waals surface area contributed by atoms with Crippen molar-refractivity contribution in [3.05, 3.63) is 50.9 Å². The third-order valence-corrected chi connectivity index (χ3v) is 4.84. The standard InChI is InChI=1S/C14H15ClN2S/c1-9(10-4-6-16-7-5-10)17-12-2-3-13-11(12)8-14(15)18-13/h4-9,12,17H,2-3H2,1H3. The topological polar surface area (TPSA) is 24.9 Å². The molecule has 0 bridgehead atoms. The van der Waals surface area contributed by atoms with E-state index in [4.69, 9.17) is 11.6 Å². The van der Waals surface area contributed by atoms with Crippen LogP contribution in [0.25, 0.3) is 0 Å². The molecule has 2 atom stereocenters. The molecule has 4 heteroatoms. The van der Waals surface area contributed by atoms with Crippen molar-refractivity contribution in [2.45, 2.75) is 31.8 Å². The number of pyridine rings is 1. The fraction of sp³-hybridized carbons (Fsp3) is 0.357. The summed E-state index contributed by atoms with van der Waals surface area (Å²) in [5.41, 5.74) is 2.67. The van der Waals surface area contributed by atoms with Crippen LogP contribution in [0, 0.1) is 0 Å². The zero-order chi connectivity index (χ0) is 12.5. The summed E-state index contributed by atoms with van der Waals surface area (Å²) in [5, 5.41) is 3.68. The van der Waals surface area contributed by atoms with Gasteiger partial charge in [-0.1, -0.05) is 11.6 Å². The minimum atomic E-state index is 0.336. The van der Waals surface area contributed by atoms with Gasteiger partial charge in [-0.3, -0.25) is 4.98 Å². The Hall–Kier alpha value is -0.900. The van der Waals surface area contributed by atoms with Crippen molar-refractivity contribution in [2.75, 3.05) is 0 Å². The SMILES string of the molecule is CC(NC1CCc2sc(Cl)cc21)c1ccncc1. The molecule has 2 nitrogen and oxygen atoms in total. The molecule has 0 spiro atoms. The summed E-state index contributed by atoms with van der Waals surface area (Å²) in [4.78, 5) is 5.50. The van der Waals surface area contributed by atoms with Gasteiger partial charge < -0.3 is 5.32 Å². The lowest BCUT2D eigenvalue weighted by atomic mass is 10.1. The largest absolute Gasteiger partial charge is 0.303 e. The zero-order valence-electron chi connectivity index (χ0n) is 10.2. The van der Waals surface area contributed by atoms with Gasteiger partial charge in [0.2, 0.25) is 0 Å². The van der Waals surface area contributed by atoms with E-state index >= 15 is 0 Å². The normalized spacial score (nSPS) is 19.8. The fourth-order valence-corrected chi connectivity index (χ4v) is 3.91. The predicted octanol–water partition coefficient (Wildman–Crippen LogP) is 4.13. The number of aromatic nitrogens is 1. The molecule has 0 fully saturated rings. The summed E-state index contributed by atoms with van der Waals surface area (Å²) in [7, 11) is 0. The lowest BCUT2D eigenvalue weighted by Gasteiger charge is -2.20. The van der Waals surface area contributed by atoms with Crippen molar-refractivity contribution in [3.8, 4) is 0 Å². The van der Waals surface area contributed by atoms with E-state index in [9.17, 15) is 0 Å². The van der Waals surface area contributed by atoms with E-state index in [-0.39, 0.29) is 0 Å². The summed E-state index contributed by atoms with van der Waals surface area (Å²) >= 11 is 7.80. The van der Waals surface area contributed by atoms with E-state index in [0.717, 1.165) is 10.8 Å². The number of fused-ring (bicyclic) bond motifs is 1. The fourth-order valence-electron chi connectivity index (χ4n) is 2.55. The Kier molecular flexibility index (Phi) is 3.37. The molecule has 0 amide bonds. The van der Waals surface area contributed by atoms with Crippen LogP contribution in [0.2, 0.25) is 4.34 Å². The van der Waals surface area contributed by atoms with Crippen molar-refractivity contribution in [1.82, 2.24) is 10.3 Å². The van der Waals surface area contributed by atoms with E-state index in [1.54, 1.807) is 11.3 Å². The van der Waals surface area contributed by atoms with E-state index in [2.05, 4.69) is 35.4 Å². The number of halogens is 1. The summed E-state index contributed by atoms with van der Waals surface area (Å²) in [5.74, 6) is 0. The number of hydrogen-bond donors (Lipinski definition) is 1. The number of thiophene rings is 1. The Morgan fingerprint density at radius 3 is 3.00 bits per heavy atom. The van der Waals surface area contributed by atoms with Gasteiger partial charge in [0.05, 0.1) is 4.34 Å². The highest BCUT2D eigenvalue weighted by atomic mass is 35.5. The van der Waals surface area contributed by atoms with Gasteiger partial charge in [0.25, 0.3) is 0 Å². The van der Waals surface area contributed by atoms with Gasteiger partial charge in [-0.05, 0) is 49.1 Å². The van der Waals surface area contributed by atoms with Gasteiger partial charge in [0.15, 0.2) is 0 Å². The summed E-state index contributed by atoms with van der Waals surface area (Å²) in [6.07, 6.45) is 6.01. The molecule has 2 unspecified atom stereocenters. The molecule has 2 aromatic rings. The molecule has 94 valence electrons. The highest BCUT2D eigenvalue weighted by Gasteiger charge is 2.26. The van der Waals surface area contributed by atoms with Crippen LogP contribution < -0.4 is 5.32 Å². The molecule has 2 aromatic heterocycles. The van der Waals surface area contributed by atoms with Crippen LogP contribution in [0.1, 0.15) is 41.4 Å². The first-order chi connectivity index (χ1) is 8.74. The van der Waals surface area contributed by atoms with Crippen LogP contribution in [0.5, 0.6) is 0 Å². The van der Waals surface area contributed by atoms with Gasteiger partial charge in [0, 0.05) is 29.4 Å². The van der Waals surface area contributed by atoms with E-state index < -0.39 is 0 Å². The Balaban J connectivity index is 1.75. The van der Waals surface area contributed by atoms with Crippen LogP contribution in [0.4, 0.5) is 0 Å². The van der Waals surface area contributed by atoms with Crippen molar-refractivity contribution in [3.63, 3.8) is 0 Å². The average molecular weight is 279 g/mol. The molecule has 1 aliphatic carbocycles. The molecular formula is C14H15ClN2S. The van der Waals surface area contributed by atoms with Gasteiger partial charge in [-0.2, -0.15) is 0 Å². The van der Waals surface area contributed by atoms with Crippen molar-refractivity contribution >= 4 is 22.9 Å². The molecule has 0 saturated heterocycles. The van der Waals surface area contributed by atoms with Crippen LogP contribution in [-0.4, -0.2) is 4.98 Å². The Labute approximate surface area is 116 Å². The second-order valence-electron chi connectivity index (χ2n) is 4.69. The quantitative estimate of drug-likeness (QED) is 0.913. The average Bonchev–Trinajstić information content (AvgIpc) is 2.91. The lowest BCUT2D eigenvalue weighted by molar-refractivity contribution is 0.465. The Bertz CT molecular complexity index is 538. The third-order valence-electron chi connectivity index (χ3n) is 3.50. The van der Waals surface area contributed by atoms with Gasteiger partial charge in [0.1, 0.15) is 0 Å². The maximum absolute atomic E-state index is 6.08. The zero-order valence-corrected chi connectivity index (χ0v) is 11.8. The molecule has 3 rings (SSSR count). The molecule has 0 aromatic carbocycles. The first-order valence-electron chi connectivity index (χ1n) is 6.18. The Morgan fingerprint density at radius 2 is 2.22 bits per heavy atom. The number of hydrogen-bond acceptors (Lipinski definition) is 3. The number of nitrogens with zero attached hydrogens (tertiary/aromatic N) is 1. The molecule has 0 aliphatic heterocycles. The van der Waals surface area contributed by atoms with Crippen LogP contribution >= 0.6 is 22.9 Å². The molecular weight excluding hydrogens is 264 g/mol. The van der Waals surface area contributed by atoms with Crippen molar-refractivity contribution in [2.24, 2.45) is 0 Å². The maximum atomic E-state index is 6.08. The highest BCUT2D eigenvalue weighted by molar-refractivity contribution is 7.16. The van der Waals surface area contributed by atoms with Gasteiger partial charge >= 0.3 is 0 Å².